The maximum absolute atomic E-state index is 10.5. The lowest BCUT2D eigenvalue weighted by molar-refractivity contribution is 0.0690. The SMILES string of the molecule is O=C(O)c1cn(-c2ccncn2)nn1. The second-order valence-corrected chi connectivity index (χ2v) is 2.42. The van der Waals surface area contributed by atoms with E-state index in [1.807, 2.05) is 0 Å². The van der Waals surface area contributed by atoms with Crippen molar-refractivity contribution in [2.45, 2.75) is 0 Å². The summed E-state index contributed by atoms with van der Waals surface area (Å²) in [5.41, 5.74) is -0.122. The molecule has 2 aromatic rings. The van der Waals surface area contributed by atoms with Gasteiger partial charge in [0.2, 0.25) is 0 Å². The highest BCUT2D eigenvalue weighted by atomic mass is 16.4. The van der Waals surface area contributed by atoms with Crippen molar-refractivity contribution >= 4 is 5.97 Å². The lowest BCUT2D eigenvalue weighted by Crippen LogP contribution is -1.98. The monoisotopic (exact) mass is 191 g/mol. The van der Waals surface area contributed by atoms with Crippen molar-refractivity contribution in [3.8, 4) is 5.82 Å². The number of carboxylic acids is 1. The number of nitrogens with zero attached hydrogens (tertiary/aromatic N) is 5. The maximum atomic E-state index is 10.5. The molecule has 0 spiro atoms. The van der Waals surface area contributed by atoms with Crippen molar-refractivity contribution < 1.29 is 9.90 Å². The van der Waals surface area contributed by atoms with Gasteiger partial charge >= 0.3 is 5.97 Å². The van der Waals surface area contributed by atoms with Gasteiger partial charge in [0, 0.05) is 12.3 Å². The molecule has 2 rings (SSSR count). The number of aromatic nitrogens is 5. The predicted molar refractivity (Wildman–Crippen MR) is 43.9 cm³/mol. The van der Waals surface area contributed by atoms with Crippen LogP contribution in [-0.4, -0.2) is 36.0 Å². The van der Waals surface area contributed by atoms with Gasteiger partial charge in [-0.15, -0.1) is 5.10 Å². The normalized spacial score (nSPS) is 10.0. The van der Waals surface area contributed by atoms with E-state index in [0.717, 1.165) is 0 Å². The molecule has 0 saturated heterocycles. The van der Waals surface area contributed by atoms with E-state index in [-0.39, 0.29) is 5.69 Å². The van der Waals surface area contributed by atoms with E-state index in [4.69, 9.17) is 5.11 Å². The highest BCUT2D eigenvalue weighted by Crippen LogP contribution is 2.00. The van der Waals surface area contributed by atoms with Crippen LogP contribution in [0.3, 0.4) is 0 Å². The zero-order valence-corrected chi connectivity index (χ0v) is 6.90. The van der Waals surface area contributed by atoms with Gasteiger partial charge in [-0.1, -0.05) is 5.21 Å². The van der Waals surface area contributed by atoms with Crippen LogP contribution in [0.5, 0.6) is 0 Å². The average Bonchev–Trinajstić information content (AvgIpc) is 2.68. The minimum absolute atomic E-state index is 0.122. The molecule has 0 aromatic carbocycles. The Hall–Kier alpha value is -2.31. The van der Waals surface area contributed by atoms with Crippen molar-refractivity contribution in [2.24, 2.45) is 0 Å². The zero-order chi connectivity index (χ0) is 9.97. The second kappa shape index (κ2) is 3.21. The number of aromatic carboxylic acids is 1. The standard InChI is InChI=1S/C7H5N5O2/c13-7(14)5-3-12(11-10-5)6-1-2-8-4-9-6/h1-4H,(H,13,14). The highest BCUT2D eigenvalue weighted by molar-refractivity contribution is 5.84. The molecule has 2 aromatic heterocycles. The molecule has 0 saturated carbocycles. The summed E-state index contributed by atoms with van der Waals surface area (Å²) in [7, 11) is 0. The van der Waals surface area contributed by atoms with Gasteiger partial charge in [-0.25, -0.2) is 19.4 Å². The first kappa shape index (κ1) is 8.30. The Kier molecular flexibility index (Phi) is 1.90. The Balaban J connectivity index is 2.39. The summed E-state index contributed by atoms with van der Waals surface area (Å²) in [4.78, 5) is 18.1. The Morgan fingerprint density at radius 3 is 2.93 bits per heavy atom. The Labute approximate surface area is 78.0 Å². The minimum atomic E-state index is -1.12. The summed E-state index contributed by atoms with van der Waals surface area (Å²) in [5, 5.41) is 15.6. The fourth-order valence-electron chi connectivity index (χ4n) is 0.893. The molecule has 0 fully saturated rings. The number of carbonyl (C=O) groups is 1. The molecular weight excluding hydrogens is 186 g/mol. The highest BCUT2D eigenvalue weighted by Gasteiger charge is 2.09. The van der Waals surface area contributed by atoms with Crippen LogP contribution in [0, 0.1) is 0 Å². The minimum Gasteiger partial charge on any atom is -0.476 e. The molecular formula is C7H5N5O2. The van der Waals surface area contributed by atoms with E-state index < -0.39 is 5.97 Å². The summed E-state index contributed by atoms with van der Waals surface area (Å²) in [5.74, 6) is -0.648. The third-order valence-corrected chi connectivity index (χ3v) is 1.51. The van der Waals surface area contributed by atoms with Crippen LogP contribution in [0.15, 0.2) is 24.8 Å². The predicted octanol–water partition coefficient (Wildman–Crippen LogP) is -0.245. The maximum Gasteiger partial charge on any atom is 0.358 e. The summed E-state index contributed by atoms with van der Waals surface area (Å²) in [6.45, 7) is 0. The van der Waals surface area contributed by atoms with E-state index in [1.165, 1.54) is 23.4 Å². The van der Waals surface area contributed by atoms with Crippen LogP contribution < -0.4 is 0 Å². The molecule has 0 amide bonds. The van der Waals surface area contributed by atoms with Crippen LogP contribution in [0.4, 0.5) is 0 Å². The molecule has 1 N–H and O–H groups in total. The molecule has 0 aliphatic heterocycles. The third kappa shape index (κ3) is 1.42. The fourth-order valence-corrected chi connectivity index (χ4v) is 0.893. The first-order chi connectivity index (χ1) is 6.77. The third-order valence-electron chi connectivity index (χ3n) is 1.51. The lowest BCUT2D eigenvalue weighted by Gasteiger charge is -1.94. The molecule has 7 nitrogen and oxygen atoms in total. The Morgan fingerprint density at radius 1 is 1.50 bits per heavy atom. The molecule has 0 bridgehead atoms. The van der Waals surface area contributed by atoms with Gasteiger partial charge in [-0.05, 0) is 0 Å². The second-order valence-electron chi connectivity index (χ2n) is 2.42. The number of hydrogen-bond donors (Lipinski definition) is 1. The van der Waals surface area contributed by atoms with Gasteiger partial charge in [-0.3, -0.25) is 0 Å². The number of rotatable bonds is 2. The van der Waals surface area contributed by atoms with E-state index in [9.17, 15) is 4.79 Å². The molecule has 0 radical (unpaired) electrons. The molecule has 0 atom stereocenters. The van der Waals surface area contributed by atoms with Crippen LogP contribution in [0.1, 0.15) is 10.5 Å². The lowest BCUT2D eigenvalue weighted by atomic mass is 10.5. The van der Waals surface area contributed by atoms with E-state index in [1.54, 1.807) is 6.07 Å². The molecule has 7 heteroatoms. The van der Waals surface area contributed by atoms with E-state index in [2.05, 4.69) is 20.3 Å². The summed E-state index contributed by atoms with van der Waals surface area (Å²) in [6, 6.07) is 1.60. The molecule has 0 aliphatic rings. The van der Waals surface area contributed by atoms with Gasteiger partial charge in [0.25, 0.3) is 0 Å². The summed E-state index contributed by atoms with van der Waals surface area (Å²) >= 11 is 0. The van der Waals surface area contributed by atoms with Crippen LogP contribution in [0.2, 0.25) is 0 Å². The number of hydrogen-bond acceptors (Lipinski definition) is 5. The van der Waals surface area contributed by atoms with Crippen LogP contribution in [0.25, 0.3) is 5.82 Å². The summed E-state index contributed by atoms with van der Waals surface area (Å²) in [6.07, 6.45) is 4.16. The van der Waals surface area contributed by atoms with Crippen LogP contribution >= 0.6 is 0 Å². The van der Waals surface area contributed by atoms with Crippen molar-refractivity contribution in [2.75, 3.05) is 0 Å². The fraction of sp³-hybridized carbons (Fsp3) is 0. The first-order valence-electron chi connectivity index (χ1n) is 3.69. The Bertz CT molecular complexity index is 452. The van der Waals surface area contributed by atoms with Gasteiger partial charge in [0.05, 0.1) is 6.20 Å². The molecule has 14 heavy (non-hydrogen) atoms. The Morgan fingerprint density at radius 2 is 2.36 bits per heavy atom. The average molecular weight is 191 g/mol. The first-order valence-corrected chi connectivity index (χ1v) is 3.69. The van der Waals surface area contributed by atoms with Crippen molar-refractivity contribution in [1.29, 1.82) is 0 Å². The quantitative estimate of drug-likeness (QED) is 0.703. The number of carboxylic acid groups (broad SMARTS) is 1. The molecule has 0 unspecified atom stereocenters. The molecule has 0 aliphatic carbocycles. The van der Waals surface area contributed by atoms with Gasteiger partial charge in [0.1, 0.15) is 6.33 Å². The topological polar surface area (TPSA) is 93.8 Å². The van der Waals surface area contributed by atoms with Crippen molar-refractivity contribution in [3.05, 3.63) is 30.5 Å². The molecule has 70 valence electrons. The largest absolute Gasteiger partial charge is 0.476 e. The van der Waals surface area contributed by atoms with Gasteiger partial charge in [-0.2, -0.15) is 0 Å². The zero-order valence-electron chi connectivity index (χ0n) is 6.90. The van der Waals surface area contributed by atoms with E-state index in [0.29, 0.717) is 5.82 Å². The van der Waals surface area contributed by atoms with Crippen molar-refractivity contribution in [3.63, 3.8) is 0 Å². The molecule has 2 heterocycles. The van der Waals surface area contributed by atoms with Gasteiger partial charge in [0.15, 0.2) is 11.5 Å². The smallest absolute Gasteiger partial charge is 0.358 e. The van der Waals surface area contributed by atoms with Crippen LogP contribution in [-0.2, 0) is 0 Å². The van der Waals surface area contributed by atoms with Gasteiger partial charge < -0.3 is 5.11 Å². The summed E-state index contributed by atoms with van der Waals surface area (Å²) < 4.78 is 1.27. The van der Waals surface area contributed by atoms with Crippen molar-refractivity contribution in [1.82, 2.24) is 25.0 Å². The van der Waals surface area contributed by atoms with E-state index >= 15 is 0 Å².